The van der Waals surface area contributed by atoms with Crippen molar-refractivity contribution in [3.8, 4) is 0 Å². The Morgan fingerprint density at radius 1 is 1.32 bits per heavy atom. The molecule has 2 heterocycles. The molecule has 1 fully saturated rings. The minimum absolute atomic E-state index is 0.0516. The van der Waals surface area contributed by atoms with Gasteiger partial charge in [-0.05, 0) is 43.9 Å². The molecule has 0 unspecified atom stereocenters. The molecule has 10 heteroatoms. The van der Waals surface area contributed by atoms with Crippen LogP contribution < -0.4 is 4.72 Å². The fourth-order valence-corrected chi connectivity index (χ4v) is 4.74. The van der Waals surface area contributed by atoms with Gasteiger partial charge in [0.1, 0.15) is 10.7 Å². The second kappa shape index (κ2) is 8.41. The van der Waals surface area contributed by atoms with Crippen LogP contribution >= 0.6 is 23.2 Å². The number of amides is 1. The lowest BCUT2D eigenvalue weighted by atomic mass is 9.99. The highest BCUT2D eigenvalue weighted by Crippen LogP contribution is 2.25. The molecule has 1 amide bonds. The van der Waals surface area contributed by atoms with Crippen molar-refractivity contribution in [3.05, 3.63) is 45.6 Å². The quantitative estimate of drug-likeness (QED) is 0.757. The Labute approximate surface area is 174 Å². The minimum Gasteiger partial charge on any atom is -0.444 e. The monoisotopic (exact) mass is 445 g/mol. The van der Waals surface area contributed by atoms with E-state index in [4.69, 9.17) is 27.6 Å². The van der Waals surface area contributed by atoms with E-state index in [-0.39, 0.29) is 39.0 Å². The van der Waals surface area contributed by atoms with Gasteiger partial charge in [-0.1, -0.05) is 30.1 Å². The molecule has 3 rings (SSSR count). The zero-order valence-electron chi connectivity index (χ0n) is 15.5. The molecule has 1 saturated heterocycles. The normalized spacial score (nSPS) is 15.8. The fraction of sp³-hybridized carbons (Fsp3) is 0.444. The number of piperidine rings is 1. The molecule has 1 aromatic carbocycles. The number of benzene rings is 1. The van der Waals surface area contributed by atoms with Gasteiger partial charge in [-0.3, -0.25) is 4.79 Å². The fourth-order valence-electron chi connectivity index (χ4n) is 3.00. The highest BCUT2D eigenvalue weighted by Gasteiger charge is 2.26. The molecule has 1 aliphatic rings. The van der Waals surface area contributed by atoms with Crippen LogP contribution in [-0.4, -0.2) is 37.3 Å². The second-order valence-electron chi connectivity index (χ2n) is 6.89. The predicted octanol–water partition coefficient (Wildman–Crippen LogP) is 3.64. The molecule has 1 aromatic heterocycles. The Bertz CT molecular complexity index is 983. The number of sulfonamides is 1. The Hall–Kier alpha value is -1.61. The number of carbonyl (C=O) groups excluding carboxylic acids is 1. The van der Waals surface area contributed by atoms with E-state index in [0.29, 0.717) is 24.8 Å². The molecule has 0 saturated carbocycles. The average Bonchev–Trinajstić information content (AvgIpc) is 3.03. The van der Waals surface area contributed by atoms with Crippen LogP contribution in [0.1, 0.15) is 41.9 Å². The number of nitrogens with zero attached hydrogens (tertiary/aromatic N) is 2. The van der Waals surface area contributed by atoms with Gasteiger partial charge in [0.25, 0.3) is 5.91 Å². The van der Waals surface area contributed by atoms with Crippen molar-refractivity contribution in [3.63, 3.8) is 0 Å². The van der Waals surface area contributed by atoms with Crippen LogP contribution in [0.3, 0.4) is 0 Å². The van der Waals surface area contributed by atoms with Gasteiger partial charge in [0.2, 0.25) is 15.9 Å². The summed E-state index contributed by atoms with van der Waals surface area (Å²) in [7, 11) is -3.92. The summed E-state index contributed by atoms with van der Waals surface area (Å²) in [6, 6.07) is 4.17. The molecule has 0 aliphatic carbocycles. The van der Waals surface area contributed by atoms with E-state index in [9.17, 15) is 13.2 Å². The van der Waals surface area contributed by atoms with Crippen LogP contribution in [0.5, 0.6) is 0 Å². The zero-order chi connectivity index (χ0) is 20.5. The summed E-state index contributed by atoms with van der Waals surface area (Å²) < 4.78 is 32.8. The lowest BCUT2D eigenvalue weighted by Gasteiger charge is -2.29. The number of aromatic nitrogens is 1. The van der Waals surface area contributed by atoms with Crippen molar-refractivity contribution in [1.29, 1.82) is 0 Å². The van der Waals surface area contributed by atoms with Gasteiger partial charge in [0.15, 0.2) is 5.69 Å². The largest absolute Gasteiger partial charge is 0.444 e. The number of rotatable bonds is 5. The Morgan fingerprint density at radius 2 is 2.00 bits per heavy atom. The second-order valence-corrected chi connectivity index (χ2v) is 9.47. The summed E-state index contributed by atoms with van der Waals surface area (Å²) >= 11 is 11.8. The Kier molecular flexibility index (Phi) is 6.34. The van der Waals surface area contributed by atoms with Crippen LogP contribution in [0.2, 0.25) is 10.0 Å². The third-order valence-corrected chi connectivity index (χ3v) is 6.83. The number of nitrogens with one attached hydrogen (secondary N) is 1. The van der Waals surface area contributed by atoms with Crippen LogP contribution in [0.15, 0.2) is 27.5 Å². The van der Waals surface area contributed by atoms with Crippen molar-refractivity contribution in [2.75, 3.05) is 13.1 Å². The first-order valence-corrected chi connectivity index (χ1v) is 11.1. The van der Waals surface area contributed by atoms with Crippen molar-refractivity contribution in [2.45, 2.75) is 38.1 Å². The van der Waals surface area contributed by atoms with Gasteiger partial charge in [-0.15, -0.1) is 0 Å². The lowest BCUT2D eigenvalue weighted by molar-refractivity contribution is 0.0690. The van der Waals surface area contributed by atoms with Gasteiger partial charge in [-0.25, -0.2) is 18.1 Å². The molecule has 0 radical (unpaired) electrons. The summed E-state index contributed by atoms with van der Waals surface area (Å²) in [5.74, 6) is 0.873. The summed E-state index contributed by atoms with van der Waals surface area (Å²) in [4.78, 5) is 18.5. The molecule has 1 aliphatic heterocycles. The van der Waals surface area contributed by atoms with E-state index in [1.807, 2.05) is 0 Å². The minimum atomic E-state index is -3.92. The Morgan fingerprint density at radius 3 is 2.68 bits per heavy atom. The molecule has 1 N–H and O–H groups in total. The molecule has 0 atom stereocenters. The van der Waals surface area contributed by atoms with Gasteiger partial charge in [-0.2, -0.15) is 0 Å². The summed E-state index contributed by atoms with van der Waals surface area (Å²) in [6.07, 6.45) is 1.91. The van der Waals surface area contributed by atoms with Gasteiger partial charge >= 0.3 is 0 Å². The molecule has 28 heavy (non-hydrogen) atoms. The lowest BCUT2D eigenvalue weighted by Crippen LogP contribution is -2.38. The molecule has 0 spiro atoms. The number of carbonyl (C=O) groups is 1. The SMILES string of the molecule is Cc1oc(CNS(=O)(=O)c2cc(Cl)ccc2Cl)nc1C(=O)N1CCC(C)CC1. The third kappa shape index (κ3) is 4.68. The maximum absolute atomic E-state index is 12.7. The van der Waals surface area contributed by atoms with E-state index in [1.54, 1.807) is 11.8 Å². The molecule has 152 valence electrons. The van der Waals surface area contributed by atoms with Crippen LogP contribution in [0.25, 0.3) is 0 Å². The van der Waals surface area contributed by atoms with E-state index < -0.39 is 10.0 Å². The van der Waals surface area contributed by atoms with Crippen molar-refractivity contribution >= 4 is 39.1 Å². The standard InChI is InChI=1S/C18H21Cl2N3O4S/c1-11-5-7-23(8-6-11)18(24)17-12(2)27-16(22-17)10-21-28(25,26)15-9-13(19)3-4-14(15)20/h3-4,9,11,21H,5-8,10H2,1-2H3. The first kappa shape index (κ1) is 21.1. The van der Waals surface area contributed by atoms with Crippen LogP contribution in [0, 0.1) is 12.8 Å². The summed E-state index contributed by atoms with van der Waals surface area (Å²) in [6.45, 7) is 4.96. The molecule has 7 nitrogen and oxygen atoms in total. The summed E-state index contributed by atoms with van der Waals surface area (Å²) in [5, 5.41) is 0.302. The van der Waals surface area contributed by atoms with E-state index in [2.05, 4.69) is 16.6 Å². The van der Waals surface area contributed by atoms with Crippen molar-refractivity contribution < 1.29 is 17.6 Å². The first-order chi connectivity index (χ1) is 13.2. The maximum atomic E-state index is 12.7. The zero-order valence-corrected chi connectivity index (χ0v) is 17.9. The van der Waals surface area contributed by atoms with E-state index in [1.165, 1.54) is 18.2 Å². The van der Waals surface area contributed by atoms with E-state index >= 15 is 0 Å². The summed E-state index contributed by atoms with van der Waals surface area (Å²) in [5.41, 5.74) is 0.213. The number of hydrogen-bond donors (Lipinski definition) is 1. The molecule has 0 bridgehead atoms. The van der Waals surface area contributed by atoms with Gasteiger partial charge in [0, 0.05) is 18.1 Å². The topological polar surface area (TPSA) is 92.5 Å². The highest BCUT2D eigenvalue weighted by molar-refractivity contribution is 7.89. The maximum Gasteiger partial charge on any atom is 0.276 e. The van der Waals surface area contributed by atoms with Crippen molar-refractivity contribution in [2.24, 2.45) is 5.92 Å². The molecular formula is C18H21Cl2N3O4S. The van der Waals surface area contributed by atoms with Gasteiger partial charge < -0.3 is 9.32 Å². The number of halogens is 2. The van der Waals surface area contributed by atoms with Crippen molar-refractivity contribution in [1.82, 2.24) is 14.6 Å². The van der Waals surface area contributed by atoms with Crippen LogP contribution in [-0.2, 0) is 16.6 Å². The number of likely N-dealkylation sites (tertiary alicyclic amines) is 1. The first-order valence-electron chi connectivity index (χ1n) is 8.87. The smallest absolute Gasteiger partial charge is 0.276 e. The highest BCUT2D eigenvalue weighted by atomic mass is 35.5. The number of oxazole rings is 1. The van der Waals surface area contributed by atoms with Crippen LogP contribution in [0.4, 0.5) is 0 Å². The average molecular weight is 446 g/mol. The third-order valence-electron chi connectivity index (χ3n) is 4.71. The number of aryl methyl sites for hydroxylation is 1. The molecule has 2 aromatic rings. The Balaban J connectivity index is 1.71. The van der Waals surface area contributed by atoms with Gasteiger partial charge in [0.05, 0.1) is 11.6 Å². The molecular weight excluding hydrogens is 425 g/mol. The van der Waals surface area contributed by atoms with E-state index in [0.717, 1.165) is 12.8 Å². The predicted molar refractivity (Wildman–Crippen MR) is 106 cm³/mol. The number of hydrogen-bond acceptors (Lipinski definition) is 5.